The minimum Gasteiger partial charge on any atom is -0.496 e. The summed E-state index contributed by atoms with van der Waals surface area (Å²) in [6.07, 6.45) is 2.91. The molecule has 0 aromatic carbocycles. The molecule has 0 atom stereocenters. The van der Waals surface area contributed by atoms with Crippen LogP contribution in [0, 0.1) is 0 Å². The van der Waals surface area contributed by atoms with Gasteiger partial charge in [0, 0.05) is 12.4 Å². The lowest BCUT2D eigenvalue weighted by Crippen LogP contribution is -2.01. The maximum Gasteiger partial charge on any atom is 0.355 e. The summed E-state index contributed by atoms with van der Waals surface area (Å²) in [4.78, 5) is 14.8. The van der Waals surface area contributed by atoms with Gasteiger partial charge in [-0.1, -0.05) is 0 Å². The number of carbonyl (C=O) groups is 1. The first-order valence-electron chi connectivity index (χ1n) is 3.10. The molecule has 1 aromatic rings. The number of methoxy groups -OCH3 is 1. The predicted molar refractivity (Wildman–Crippen MR) is 45.1 cm³/mol. The number of hydrogen-bond acceptors (Lipinski definition) is 4. The average Bonchev–Trinajstić information content (AvgIpc) is 2.16. The number of pyridine rings is 1. The molecule has 1 heterocycles. The van der Waals surface area contributed by atoms with Crippen molar-refractivity contribution < 1.29 is 13.4 Å². The molecule has 64 valence electrons. The molecule has 0 spiro atoms. The maximum absolute atomic E-state index is 11.0. The van der Waals surface area contributed by atoms with E-state index in [0.717, 1.165) is 0 Å². The summed E-state index contributed by atoms with van der Waals surface area (Å²) in [7, 11) is 1.47. The molecule has 5 heteroatoms. The molecule has 4 nitrogen and oxygen atoms in total. The largest absolute Gasteiger partial charge is 0.496 e. The van der Waals surface area contributed by atoms with Crippen molar-refractivity contribution in [3.8, 4) is 5.75 Å². The SMILES string of the molecule is COc1ccncc1C(=O)OBr. The normalized spacial score (nSPS) is 9.17. The number of ether oxygens (including phenoxy) is 1. The van der Waals surface area contributed by atoms with Gasteiger partial charge in [-0.15, -0.1) is 0 Å². The molecule has 0 aliphatic rings. The van der Waals surface area contributed by atoms with E-state index in [4.69, 9.17) is 4.74 Å². The van der Waals surface area contributed by atoms with Gasteiger partial charge in [-0.05, 0) is 6.07 Å². The summed E-state index contributed by atoms with van der Waals surface area (Å²) >= 11 is 2.58. The fraction of sp³-hybridized carbons (Fsp3) is 0.143. The van der Waals surface area contributed by atoms with Crippen molar-refractivity contribution in [1.82, 2.24) is 4.98 Å². The van der Waals surface area contributed by atoms with E-state index in [-0.39, 0.29) is 5.56 Å². The van der Waals surface area contributed by atoms with E-state index >= 15 is 0 Å². The first-order valence-corrected chi connectivity index (χ1v) is 3.75. The van der Waals surface area contributed by atoms with E-state index in [0.29, 0.717) is 5.75 Å². The number of hydrogen-bond donors (Lipinski definition) is 0. The van der Waals surface area contributed by atoms with Crippen LogP contribution in [-0.2, 0) is 3.83 Å². The second-order valence-corrected chi connectivity index (χ2v) is 2.26. The summed E-state index contributed by atoms with van der Waals surface area (Å²) in [6.45, 7) is 0. The van der Waals surface area contributed by atoms with Crippen molar-refractivity contribution >= 4 is 22.2 Å². The van der Waals surface area contributed by atoms with Gasteiger partial charge in [-0.2, -0.15) is 0 Å². The quantitative estimate of drug-likeness (QED) is 0.776. The van der Waals surface area contributed by atoms with Gasteiger partial charge in [-0.3, -0.25) is 4.98 Å². The third kappa shape index (κ3) is 1.73. The van der Waals surface area contributed by atoms with E-state index in [1.165, 1.54) is 19.5 Å². The number of carbonyl (C=O) groups excluding carboxylic acids is 1. The number of aromatic nitrogens is 1. The van der Waals surface area contributed by atoms with Crippen LogP contribution in [0.5, 0.6) is 5.75 Å². The Bertz CT molecular complexity index is 290. The van der Waals surface area contributed by atoms with Crippen molar-refractivity contribution in [2.24, 2.45) is 0 Å². The highest BCUT2D eigenvalue weighted by molar-refractivity contribution is 9.06. The lowest BCUT2D eigenvalue weighted by molar-refractivity contribution is 0.0778. The molecule has 1 rings (SSSR count). The molecular formula is C7H6BrNO3. The molecule has 0 saturated carbocycles. The lowest BCUT2D eigenvalue weighted by Gasteiger charge is -2.02. The van der Waals surface area contributed by atoms with Gasteiger partial charge < -0.3 is 8.57 Å². The van der Waals surface area contributed by atoms with Crippen LogP contribution in [0.3, 0.4) is 0 Å². The molecule has 1 aromatic heterocycles. The second-order valence-electron chi connectivity index (χ2n) is 1.94. The second kappa shape index (κ2) is 4.06. The van der Waals surface area contributed by atoms with E-state index in [2.05, 4.69) is 25.1 Å². The highest BCUT2D eigenvalue weighted by Crippen LogP contribution is 2.17. The van der Waals surface area contributed by atoms with Crippen molar-refractivity contribution in [2.45, 2.75) is 0 Å². The summed E-state index contributed by atoms with van der Waals surface area (Å²) in [6, 6.07) is 1.58. The Morgan fingerprint density at radius 1 is 1.67 bits per heavy atom. The van der Waals surface area contributed by atoms with E-state index < -0.39 is 5.97 Å². The summed E-state index contributed by atoms with van der Waals surface area (Å²) in [5, 5.41) is 0. The molecule has 0 bridgehead atoms. The van der Waals surface area contributed by atoms with Gasteiger partial charge in [0.15, 0.2) is 16.3 Å². The summed E-state index contributed by atoms with van der Waals surface area (Å²) in [5.41, 5.74) is 0.289. The van der Waals surface area contributed by atoms with Crippen LogP contribution < -0.4 is 4.74 Å². The van der Waals surface area contributed by atoms with Gasteiger partial charge in [0.05, 0.1) is 7.11 Å². The molecular weight excluding hydrogens is 226 g/mol. The molecule has 0 amide bonds. The summed E-state index contributed by atoms with van der Waals surface area (Å²) < 4.78 is 9.24. The zero-order valence-electron chi connectivity index (χ0n) is 6.28. The third-order valence-electron chi connectivity index (χ3n) is 1.29. The van der Waals surface area contributed by atoms with Gasteiger partial charge in [0.25, 0.3) is 0 Å². The number of rotatable bonds is 2. The lowest BCUT2D eigenvalue weighted by atomic mass is 10.3. The number of nitrogens with zero attached hydrogens (tertiary/aromatic N) is 1. The van der Waals surface area contributed by atoms with Crippen molar-refractivity contribution in [3.63, 3.8) is 0 Å². The molecule has 0 radical (unpaired) electrons. The van der Waals surface area contributed by atoms with Crippen LogP contribution in [0.1, 0.15) is 10.4 Å². The van der Waals surface area contributed by atoms with Gasteiger partial charge in [-0.25, -0.2) is 4.79 Å². The van der Waals surface area contributed by atoms with E-state index in [1.54, 1.807) is 6.07 Å². The van der Waals surface area contributed by atoms with E-state index in [9.17, 15) is 4.79 Å². The Kier molecular flexibility index (Phi) is 3.04. The van der Waals surface area contributed by atoms with Crippen LogP contribution in [-0.4, -0.2) is 18.1 Å². The van der Waals surface area contributed by atoms with Crippen LogP contribution in [0.15, 0.2) is 18.5 Å². The Morgan fingerprint density at radius 2 is 2.42 bits per heavy atom. The van der Waals surface area contributed by atoms with Crippen LogP contribution in [0.4, 0.5) is 0 Å². The number of halogens is 1. The van der Waals surface area contributed by atoms with Gasteiger partial charge in [0.1, 0.15) is 11.3 Å². The molecule has 0 unspecified atom stereocenters. The molecule has 12 heavy (non-hydrogen) atoms. The maximum atomic E-state index is 11.0. The Balaban J connectivity index is 3.04. The zero-order valence-corrected chi connectivity index (χ0v) is 7.87. The standard InChI is InChI=1S/C7H6BrNO3/c1-11-6-2-3-9-4-5(6)7(10)12-8/h2-4H,1H3. The molecule has 0 aliphatic carbocycles. The monoisotopic (exact) mass is 231 g/mol. The average molecular weight is 232 g/mol. The first-order chi connectivity index (χ1) is 5.79. The smallest absolute Gasteiger partial charge is 0.355 e. The predicted octanol–water partition coefficient (Wildman–Crippen LogP) is 1.56. The molecule has 0 aliphatic heterocycles. The summed E-state index contributed by atoms with van der Waals surface area (Å²) in [5.74, 6) is -0.0885. The van der Waals surface area contributed by atoms with E-state index in [1.807, 2.05) is 0 Å². The third-order valence-corrected chi connectivity index (χ3v) is 1.59. The molecule has 0 fully saturated rings. The Labute approximate surface area is 78.0 Å². The Hall–Kier alpha value is -1.10. The highest BCUT2D eigenvalue weighted by Gasteiger charge is 2.12. The Morgan fingerprint density at radius 3 is 3.00 bits per heavy atom. The zero-order chi connectivity index (χ0) is 8.97. The minimum atomic E-state index is -0.528. The van der Waals surface area contributed by atoms with Crippen LogP contribution >= 0.6 is 16.3 Å². The van der Waals surface area contributed by atoms with Crippen molar-refractivity contribution in [2.75, 3.05) is 7.11 Å². The molecule has 0 N–H and O–H groups in total. The van der Waals surface area contributed by atoms with Crippen LogP contribution in [0.25, 0.3) is 0 Å². The van der Waals surface area contributed by atoms with Crippen molar-refractivity contribution in [1.29, 1.82) is 0 Å². The highest BCUT2D eigenvalue weighted by atomic mass is 79.9. The van der Waals surface area contributed by atoms with Gasteiger partial charge in [0.2, 0.25) is 0 Å². The van der Waals surface area contributed by atoms with Gasteiger partial charge >= 0.3 is 5.97 Å². The topological polar surface area (TPSA) is 48.4 Å². The van der Waals surface area contributed by atoms with Crippen LogP contribution in [0.2, 0.25) is 0 Å². The fourth-order valence-electron chi connectivity index (χ4n) is 0.755. The minimum absolute atomic E-state index is 0.289. The van der Waals surface area contributed by atoms with Crippen molar-refractivity contribution in [3.05, 3.63) is 24.0 Å². The fourth-order valence-corrected chi connectivity index (χ4v) is 0.929. The first kappa shape index (κ1) is 8.99. The molecule has 0 saturated heterocycles.